The first kappa shape index (κ1) is 13.7. The van der Waals surface area contributed by atoms with Gasteiger partial charge in [-0.2, -0.15) is 0 Å². The Kier molecular flexibility index (Phi) is 4.13. The first-order chi connectivity index (χ1) is 9.75. The molecule has 0 bridgehead atoms. The van der Waals surface area contributed by atoms with Crippen LogP contribution in [0.5, 0.6) is 0 Å². The summed E-state index contributed by atoms with van der Waals surface area (Å²) >= 11 is 6.44. The summed E-state index contributed by atoms with van der Waals surface area (Å²) in [6, 6.07) is 6.47. The number of hydrogen-bond donors (Lipinski definition) is 1. The van der Waals surface area contributed by atoms with Crippen molar-refractivity contribution in [2.75, 3.05) is 31.1 Å². The Hall–Kier alpha value is -1.25. The van der Waals surface area contributed by atoms with Crippen LogP contribution < -0.4 is 10.2 Å². The molecule has 1 aliphatic carbocycles. The molecule has 3 heteroatoms. The van der Waals surface area contributed by atoms with E-state index in [0.29, 0.717) is 11.8 Å². The van der Waals surface area contributed by atoms with Crippen molar-refractivity contribution in [2.24, 2.45) is 5.92 Å². The van der Waals surface area contributed by atoms with E-state index in [1.807, 2.05) is 6.07 Å². The van der Waals surface area contributed by atoms with Gasteiger partial charge >= 0.3 is 0 Å². The average Bonchev–Trinajstić information content (AvgIpc) is 2.49. The molecule has 0 spiro atoms. The van der Waals surface area contributed by atoms with E-state index in [0.717, 1.165) is 31.2 Å². The fraction of sp³-hybridized carbons (Fsp3) is 0.412. The number of nitrogens with zero attached hydrogens (tertiary/aromatic N) is 1. The average molecular weight is 289 g/mol. The molecule has 3 rings (SSSR count). The highest BCUT2D eigenvalue weighted by Crippen LogP contribution is 2.36. The fourth-order valence-electron chi connectivity index (χ4n) is 3.01. The van der Waals surface area contributed by atoms with Gasteiger partial charge in [-0.05, 0) is 29.7 Å². The predicted molar refractivity (Wildman–Crippen MR) is 86.7 cm³/mol. The van der Waals surface area contributed by atoms with Crippen molar-refractivity contribution in [1.82, 2.24) is 5.32 Å². The van der Waals surface area contributed by atoms with Crippen LogP contribution in [0.25, 0.3) is 0 Å². The molecule has 1 aromatic rings. The van der Waals surface area contributed by atoms with Gasteiger partial charge in [0.05, 0.1) is 0 Å². The molecular weight excluding hydrogens is 268 g/mol. The minimum absolute atomic E-state index is 0.385. The van der Waals surface area contributed by atoms with Crippen LogP contribution in [0.2, 0.25) is 5.02 Å². The summed E-state index contributed by atoms with van der Waals surface area (Å²) in [5, 5.41) is 4.27. The maximum atomic E-state index is 6.44. The molecule has 1 aromatic carbocycles. The first-order valence-corrected chi connectivity index (χ1v) is 7.73. The Morgan fingerprint density at radius 1 is 1.15 bits per heavy atom. The molecule has 1 aliphatic heterocycles. The van der Waals surface area contributed by atoms with Crippen molar-refractivity contribution in [1.29, 1.82) is 0 Å². The van der Waals surface area contributed by atoms with E-state index in [2.05, 4.69) is 53.6 Å². The number of benzene rings is 1. The number of rotatable bonds is 2. The SMILES string of the molecule is CC1C=CC=CC1c1cc(N2CCNCC2)ccc1Cl. The summed E-state index contributed by atoms with van der Waals surface area (Å²) in [6.45, 7) is 6.49. The summed E-state index contributed by atoms with van der Waals surface area (Å²) in [7, 11) is 0. The maximum absolute atomic E-state index is 6.44. The molecule has 2 aliphatic rings. The van der Waals surface area contributed by atoms with Gasteiger partial charge in [0.1, 0.15) is 0 Å². The predicted octanol–water partition coefficient (Wildman–Crippen LogP) is 3.60. The Balaban J connectivity index is 1.90. The molecule has 2 nitrogen and oxygen atoms in total. The molecule has 1 fully saturated rings. The lowest BCUT2D eigenvalue weighted by atomic mass is 9.84. The first-order valence-electron chi connectivity index (χ1n) is 7.36. The van der Waals surface area contributed by atoms with Gasteiger partial charge in [0.2, 0.25) is 0 Å². The largest absolute Gasteiger partial charge is 0.369 e. The van der Waals surface area contributed by atoms with Gasteiger partial charge < -0.3 is 10.2 Å². The number of piperazine rings is 1. The minimum atomic E-state index is 0.385. The van der Waals surface area contributed by atoms with Crippen molar-refractivity contribution in [3.05, 3.63) is 53.1 Å². The highest BCUT2D eigenvalue weighted by Gasteiger charge is 2.20. The van der Waals surface area contributed by atoms with Gasteiger partial charge in [-0.1, -0.05) is 42.8 Å². The van der Waals surface area contributed by atoms with E-state index in [4.69, 9.17) is 11.6 Å². The number of hydrogen-bond acceptors (Lipinski definition) is 2. The highest BCUT2D eigenvalue weighted by molar-refractivity contribution is 6.31. The summed E-state index contributed by atoms with van der Waals surface area (Å²) in [5.74, 6) is 0.881. The van der Waals surface area contributed by atoms with Gasteiger partial charge in [-0.25, -0.2) is 0 Å². The van der Waals surface area contributed by atoms with Crippen LogP contribution in [0.4, 0.5) is 5.69 Å². The molecule has 1 heterocycles. The molecule has 1 N–H and O–H groups in total. The summed E-state index contributed by atoms with van der Waals surface area (Å²) in [4.78, 5) is 2.43. The fourth-order valence-corrected chi connectivity index (χ4v) is 3.25. The Bertz CT molecular complexity index is 530. The van der Waals surface area contributed by atoms with Crippen molar-refractivity contribution in [3.8, 4) is 0 Å². The number of halogens is 1. The third-order valence-corrected chi connectivity index (χ3v) is 4.58. The molecule has 0 radical (unpaired) electrons. The molecule has 0 saturated carbocycles. The molecule has 1 saturated heterocycles. The molecule has 0 aromatic heterocycles. The second-order valence-electron chi connectivity index (χ2n) is 5.60. The molecular formula is C17H21ClN2. The van der Waals surface area contributed by atoms with Crippen LogP contribution >= 0.6 is 11.6 Å². The number of allylic oxidation sites excluding steroid dienone is 4. The van der Waals surface area contributed by atoms with Crippen LogP contribution in [0.15, 0.2) is 42.5 Å². The van der Waals surface area contributed by atoms with Crippen molar-refractivity contribution >= 4 is 17.3 Å². The zero-order valence-electron chi connectivity index (χ0n) is 11.8. The van der Waals surface area contributed by atoms with Crippen LogP contribution in [0, 0.1) is 5.92 Å². The van der Waals surface area contributed by atoms with Crippen molar-refractivity contribution in [2.45, 2.75) is 12.8 Å². The standard InChI is InChI=1S/C17H21ClN2/c1-13-4-2-3-5-15(13)16-12-14(6-7-17(16)18)20-10-8-19-9-11-20/h2-7,12-13,15,19H,8-11H2,1H3. The quantitative estimate of drug-likeness (QED) is 0.895. The normalized spacial score (nSPS) is 26.0. The summed E-state index contributed by atoms with van der Waals surface area (Å²) < 4.78 is 0. The number of anilines is 1. The van der Waals surface area contributed by atoms with E-state index in [1.165, 1.54) is 11.3 Å². The maximum Gasteiger partial charge on any atom is 0.0445 e. The molecule has 2 atom stereocenters. The van der Waals surface area contributed by atoms with Gasteiger partial charge in [0.25, 0.3) is 0 Å². The Labute approximate surface area is 126 Å². The Morgan fingerprint density at radius 2 is 1.90 bits per heavy atom. The lowest BCUT2D eigenvalue weighted by Crippen LogP contribution is -2.43. The second-order valence-corrected chi connectivity index (χ2v) is 6.00. The lowest BCUT2D eigenvalue weighted by molar-refractivity contribution is 0.588. The highest BCUT2D eigenvalue weighted by atomic mass is 35.5. The smallest absolute Gasteiger partial charge is 0.0445 e. The zero-order chi connectivity index (χ0) is 13.9. The second kappa shape index (κ2) is 6.02. The molecule has 20 heavy (non-hydrogen) atoms. The molecule has 106 valence electrons. The van der Waals surface area contributed by atoms with E-state index in [9.17, 15) is 0 Å². The van der Waals surface area contributed by atoms with Crippen LogP contribution in [-0.2, 0) is 0 Å². The third-order valence-electron chi connectivity index (χ3n) is 4.23. The van der Waals surface area contributed by atoms with Crippen molar-refractivity contribution in [3.63, 3.8) is 0 Å². The minimum Gasteiger partial charge on any atom is -0.369 e. The van der Waals surface area contributed by atoms with Crippen LogP contribution in [-0.4, -0.2) is 26.2 Å². The summed E-state index contributed by atoms with van der Waals surface area (Å²) in [6.07, 6.45) is 8.75. The van der Waals surface area contributed by atoms with Gasteiger partial charge in [-0.3, -0.25) is 0 Å². The lowest BCUT2D eigenvalue weighted by Gasteiger charge is -2.31. The van der Waals surface area contributed by atoms with E-state index in [-0.39, 0.29) is 0 Å². The zero-order valence-corrected chi connectivity index (χ0v) is 12.6. The Morgan fingerprint density at radius 3 is 2.65 bits per heavy atom. The van der Waals surface area contributed by atoms with Gasteiger partial charge in [0, 0.05) is 42.8 Å². The van der Waals surface area contributed by atoms with Crippen LogP contribution in [0.1, 0.15) is 18.4 Å². The number of nitrogens with one attached hydrogen (secondary N) is 1. The third kappa shape index (κ3) is 2.77. The van der Waals surface area contributed by atoms with Gasteiger partial charge in [0.15, 0.2) is 0 Å². The van der Waals surface area contributed by atoms with Crippen LogP contribution in [0.3, 0.4) is 0 Å². The molecule has 0 amide bonds. The van der Waals surface area contributed by atoms with E-state index >= 15 is 0 Å². The van der Waals surface area contributed by atoms with Gasteiger partial charge in [-0.15, -0.1) is 0 Å². The monoisotopic (exact) mass is 288 g/mol. The van der Waals surface area contributed by atoms with Crippen molar-refractivity contribution < 1.29 is 0 Å². The molecule has 2 unspecified atom stereocenters. The van der Waals surface area contributed by atoms with E-state index in [1.54, 1.807) is 0 Å². The summed E-state index contributed by atoms with van der Waals surface area (Å²) in [5.41, 5.74) is 2.54. The topological polar surface area (TPSA) is 15.3 Å². The van der Waals surface area contributed by atoms with E-state index < -0.39 is 0 Å².